The second kappa shape index (κ2) is 19.3. The van der Waals surface area contributed by atoms with Crippen molar-refractivity contribution in [3.63, 3.8) is 0 Å². The van der Waals surface area contributed by atoms with Gasteiger partial charge >= 0.3 is 0 Å². The molecule has 0 amide bonds. The lowest BCUT2D eigenvalue weighted by molar-refractivity contribution is 0.794. The zero-order valence-corrected chi connectivity index (χ0v) is 49.8. The van der Waals surface area contributed by atoms with Gasteiger partial charge < -0.3 is 0 Å². The molecule has 0 saturated heterocycles. The van der Waals surface area contributed by atoms with E-state index in [2.05, 4.69) is 315 Å². The van der Waals surface area contributed by atoms with Crippen molar-refractivity contribution in [3.8, 4) is 112 Å². The Labute approximate surface area is 532 Å². The standard InChI is InChI=1S/C88H52N4/c1-2-22-59-55(20-1)21-17-31-64(59)84-68-29-9-16-41-80(68)89-85(92-84)58-50-51-76-70(52-58)63-25-5-12-35-73(63)88(76)74-36-13-6-26-65(74)81-60(30-18-38-77(81)88)56-46-42-53(43-47-56)54-44-48-57(49-45-54)83-67-28-8-15-40-79(67)90-86(91-83)69-32-19-39-78-82(69)66-27-7-14-37-75(66)87(78)71-33-10-3-23-61(71)62-24-4-11-34-72(62)87/h1-52H. The fourth-order valence-corrected chi connectivity index (χ4v) is 16.8. The van der Waals surface area contributed by atoms with Crippen LogP contribution < -0.4 is 0 Å². The normalized spacial score (nSPS) is 14.7. The SMILES string of the molecule is c1ccc2c(c1)-c1cc(-c3nc(-c4cccc5ccccc45)c4ccccc4n3)ccc1C21c2ccccc2-c2c(-c3ccc(-c4ccc(-c5nc(-c6cccc7c6-c6ccccc6C76c7ccccc7-c7ccccc76)nc6ccccc56)cc4)cc3)cccc21. The number of rotatable bonds is 6. The number of hydrogen-bond acceptors (Lipinski definition) is 4. The van der Waals surface area contributed by atoms with Crippen LogP contribution >= 0.6 is 0 Å². The van der Waals surface area contributed by atoms with Gasteiger partial charge in [0.2, 0.25) is 0 Å². The average molecular weight is 1170 g/mol. The monoisotopic (exact) mass is 1160 g/mol. The van der Waals surface area contributed by atoms with E-state index in [9.17, 15) is 0 Å². The van der Waals surface area contributed by atoms with Gasteiger partial charge in [-0.25, -0.2) is 19.9 Å². The summed E-state index contributed by atoms with van der Waals surface area (Å²) < 4.78 is 0. The maximum atomic E-state index is 5.57. The zero-order valence-electron chi connectivity index (χ0n) is 49.8. The summed E-state index contributed by atoms with van der Waals surface area (Å²) >= 11 is 0. The Morgan fingerprint density at radius 2 is 0.565 bits per heavy atom. The van der Waals surface area contributed by atoms with Gasteiger partial charge in [0, 0.05) is 33.0 Å². The molecule has 2 heterocycles. The van der Waals surface area contributed by atoms with Crippen LogP contribution in [0.25, 0.3) is 145 Å². The fourth-order valence-electron chi connectivity index (χ4n) is 16.8. The molecule has 2 spiro atoms. The second-order valence-electron chi connectivity index (χ2n) is 25.0. The van der Waals surface area contributed by atoms with E-state index in [0.717, 1.165) is 72.4 Å². The summed E-state index contributed by atoms with van der Waals surface area (Å²) in [5, 5.41) is 4.42. The van der Waals surface area contributed by atoms with Crippen molar-refractivity contribution in [2.24, 2.45) is 0 Å². The number of nitrogens with zero attached hydrogens (tertiary/aromatic N) is 4. The van der Waals surface area contributed by atoms with Crippen molar-refractivity contribution in [2.45, 2.75) is 10.8 Å². The van der Waals surface area contributed by atoms with Crippen LogP contribution in [-0.4, -0.2) is 19.9 Å². The Morgan fingerprint density at radius 1 is 0.196 bits per heavy atom. The molecular formula is C88H52N4. The number of hydrogen-bond donors (Lipinski definition) is 0. The fraction of sp³-hybridized carbons (Fsp3) is 0.0227. The van der Waals surface area contributed by atoms with E-state index in [1.807, 2.05) is 0 Å². The van der Waals surface area contributed by atoms with Crippen LogP contribution in [0, 0.1) is 0 Å². The van der Waals surface area contributed by atoms with Gasteiger partial charge in [-0.3, -0.25) is 0 Å². The van der Waals surface area contributed by atoms with Crippen molar-refractivity contribution >= 4 is 32.6 Å². The molecule has 4 aliphatic rings. The summed E-state index contributed by atoms with van der Waals surface area (Å²) in [4.78, 5) is 21.7. The number of benzene rings is 14. The first-order valence-corrected chi connectivity index (χ1v) is 31.8. The zero-order chi connectivity index (χ0) is 60.2. The topological polar surface area (TPSA) is 51.6 Å². The molecule has 4 nitrogen and oxygen atoms in total. The Kier molecular flexibility index (Phi) is 10.7. The summed E-state index contributed by atoms with van der Waals surface area (Å²) in [5.74, 6) is 1.43. The number of fused-ring (bicyclic) bond motifs is 23. The highest BCUT2D eigenvalue weighted by Crippen LogP contribution is 2.66. The molecule has 0 bridgehead atoms. The number of para-hydroxylation sites is 2. The largest absolute Gasteiger partial charge is 0.228 e. The average Bonchev–Trinajstić information content (AvgIpc) is 1.52. The molecule has 14 aromatic carbocycles. The molecule has 20 rings (SSSR count). The molecule has 2 aromatic heterocycles. The lowest BCUT2D eigenvalue weighted by Gasteiger charge is -2.30. The highest BCUT2D eigenvalue weighted by Gasteiger charge is 2.54. The molecule has 0 fully saturated rings. The predicted molar refractivity (Wildman–Crippen MR) is 375 cm³/mol. The van der Waals surface area contributed by atoms with Crippen LogP contribution in [0.4, 0.5) is 0 Å². The first kappa shape index (κ1) is 51.0. The first-order chi connectivity index (χ1) is 45.6. The predicted octanol–water partition coefficient (Wildman–Crippen LogP) is 21.4. The van der Waals surface area contributed by atoms with Gasteiger partial charge in [-0.15, -0.1) is 0 Å². The van der Waals surface area contributed by atoms with Crippen molar-refractivity contribution < 1.29 is 0 Å². The minimum absolute atomic E-state index is 0.456. The molecule has 0 radical (unpaired) electrons. The van der Waals surface area contributed by atoms with E-state index in [1.165, 1.54) is 111 Å². The maximum Gasteiger partial charge on any atom is 0.161 e. The smallest absolute Gasteiger partial charge is 0.161 e. The van der Waals surface area contributed by atoms with Crippen LogP contribution in [0.1, 0.15) is 44.5 Å². The van der Waals surface area contributed by atoms with Crippen molar-refractivity contribution in [2.75, 3.05) is 0 Å². The summed E-state index contributed by atoms with van der Waals surface area (Å²) in [5.41, 5.74) is 31.9. The molecule has 0 N–H and O–H groups in total. The van der Waals surface area contributed by atoms with Crippen LogP contribution in [0.5, 0.6) is 0 Å². The maximum absolute atomic E-state index is 5.57. The molecule has 0 saturated carbocycles. The molecule has 4 heteroatoms. The Hall–Kier alpha value is -12.0. The van der Waals surface area contributed by atoms with Crippen LogP contribution in [0.15, 0.2) is 315 Å². The van der Waals surface area contributed by atoms with Crippen LogP contribution in [0.2, 0.25) is 0 Å². The Morgan fingerprint density at radius 3 is 1.17 bits per heavy atom. The summed E-state index contributed by atoms with van der Waals surface area (Å²) in [6, 6.07) is 116. The molecule has 92 heavy (non-hydrogen) atoms. The molecule has 1 atom stereocenters. The lowest BCUT2D eigenvalue weighted by atomic mass is 9.70. The van der Waals surface area contributed by atoms with E-state index in [0.29, 0.717) is 5.82 Å². The van der Waals surface area contributed by atoms with Gasteiger partial charge in [0.1, 0.15) is 0 Å². The third kappa shape index (κ3) is 6.90. The highest BCUT2D eigenvalue weighted by molar-refractivity contribution is 6.06. The molecule has 4 aliphatic carbocycles. The lowest BCUT2D eigenvalue weighted by Crippen LogP contribution is -2.25. The third-order valence-electron chi connectivity index (χ3n) is 20.6. The van der Waals surface area contributed by atoms with Gasteiger partial charge in [0.15, 0.2) is 11.6 Å². The number of aromatic nitrogens is 4. The molecule has 424 valence electrons. The molecular weight excluding hydrogens is 1110 g/mol. The van der Waals surface area contributed by atoms with Gasteiger partial charge in [-0.2, -0.15) is 0 Å². The summed E-state index contributed by atoms with van der Waals surface area (Å²) in [6.45, 7) is 0. The van der Waals surface area contributed by atoms with Crippen molar-refractivity contribution in [3.05, 3.63) is 360 Å². The van der Waals surface area contributed by atoms with E-state index in [-0.39, 0.29) is 0 Å². The quantitative estimate of drug-likeness (QED) is 0.166. The van der Waals surface area contributed by atoms with Gasteiger partial charge in [0.25, 0.3) is 0 Å². The minimum atomic E-state index is -0.535. The van der Waals surface area contributed by atoms with Gasteiger partial charge in [-0.1, -0.05) is 297 Å². The van der Waals surface area contributed by atoms with Crippen LogP contribution in [-0.2, 0) is 10.8 Å². The second-order valence-corrected chi connectivity index (χ2v) is 25.0. The first-order valence-electron chi connectivity index (χ1n) is 31.8. The Bertz CT molecular complexity index is 5790. The molecule has 16 aromatic rings. The van der Waals surface area contributed by atoms with Crippen LogP contribution in [0.3, 0.4) is 0 Å². The van der Waals surface area contributed by atoms with Crippen molar-refractivity contribution in [1.29, 1.82) is 0 Å². The van der Waals surface area contributed by atoms with E-state index in [1.54, 1.807) is 0 Å². The molecule has 1 unspecified atom stereocenters. The summed E-state index contributed by atoms with van der Waals surface area (Å²) in [7, 11) is 0. The van der Waals surface area contributed by atoms with Gasteiger partial charge in [0.05, 0.1) is 33.3 Å². The Balaban J connectivity index is 0.661. The van der Waals surface area contributed by atoms with E-state index in [4.69, 9.17) is 19.9 Å². The molecule has 0 aliphatic heterocycles. The van der Waals surface area contributed by atoms with Gasteiger partial charge in [-0.05, 0) is 140 Å². The van der Waals surface area contributed by atoms with E-state index >= 15 is 0 Å². The third-order valence-corrected chi connectivity index (χ3v) is 20.6. The summed E-state index contributed by atoms with van der Waals surface area (Å²) in [6.07, 6.45) is 0. The highest BCUT2D eigenvalue weighted by atomic mass is 14.9. The minimum Gasteiger partial charge on any atom is -0.228 e. The van der Waals surface area contributed by atoms with E-state index < -0.39 is 10.8 Å². The van der Waals surface area contributed by atoms with Crippen molar-refractivity contribution in [1.82, 2.24) is 19.9 Å².